The van der Waals surface area contributed by atoms with Crippen LogP contribution in [0.1, 0.15) is 43.2 Å². The van der Waals surface area contributed by atoms with Crippen molar-refractivity contribution in [1.82, 2.24) is 0 Å². The molecule has 2 unspecified atom stereocenters. The number of ether oxygens (including phenoxy) is 1. The van der Waals surface area contributed by atoms with E-state index in [0.29, 0.717) is 24.2 Å². The number of ketones is 1. The monoisotopic (exact) mass is 297 g/mol. The second-order valence-corrected chi connectivity index (χ2v) is 6.31. The molecule has 2 aliphatic rings. The van der Waals surface area contributed by atoms with E-state index in [-0.39, 0.29) is 30.3 Å². The SMILES string of the molecule is N#Cc1ccc(COC(=O)C2CC3CCCC(C2)C3=O)cc1. The number of rotatable bonds is 3. The molecule has 0 radical (unpaired) electrons. The number of fused-ring (bicyclic) bond motifs is 2. The molecule has 4 nitrogen and oxygen atoms in total. The summed E-state index contributed by atoms with van der Waals surface area (Å²) in [5, 5.41) is 8.75. The van der Waals surface area contributed by atoms with Gasteiger partial charge in [-0.25, -0.2) is 0 Å². The van der Waals surface area contributed by atoms with Crippen LogP contribution in [0, 0.1) is 29.1 Å². The third kappa shape index (κ3) is 3.04. The fraction of sp³-hybridized carbons (Fsp3) is 0.500. The van der Waals surface area contributed by atoms with Crippen LogP contribution in [0.3, 0.4) is 0 Å². The lowest BCUT2D eigenvalue weighted by atomic mass is 9.67. The molecule has 2 saturated carbocycles. The summed E-state index contributed by atoms with van der Waals surface area (Å²) in [5.41, 5.74) is 1.47. The minimum absolute atomic E-state index is 0.0694. The molecular weight excluding hydrogens is 278 g/mol. The Morgan fingerprint density at radius 1 is 1.18 bits per heavy atom. The third-order valence-electron chi connectivity index (χ3n) is 4.85. The predicted molar refractivity (Wildman–Crippen MR) is 79.5 cm³/mol. The Hall–Kier alpha value is -2.15. The number of nitrogens with zero attached hydrogens (tertiary/aromatic N) is 1. The molecule has 1 aromatic carbocycles. The summed E-state index contributed by atoms with van der Waals surface area (Å²) in [6.45, 7) is 0.227. The average molecular weight is 297 g/mol. The summed E-state index contributed by atoms with van der Waals surface area (Å²) in [6, 6.07) is 9.08. The molecule has 2 atom stereocenters. The van der Waals surface area contributed by atoms with E-state index in [9.17, 15) is 9.59 Å². The smallest absolute Gasteiger partial charge is 0.309 e. The first kappa shape index (κ1) is 14.8. The first-order chi connectivity index (χ1) is 10.7. The van der Waals surface area contributed by atoms with E-state index < -0.39 is 0 Å². The zero-order chi connectivity index (χ0) is 15.5. The zero-order valence-electron chi connectivity index (χ0n) is 12.5. The van der Waals surface area contributed by atoms with Crippen LogP contribution >= 0.6 is 0 Å². The van der Waals surface area contributed by atoms with E-state index in [1.807, 2.05) is 0 Å². The van der Waals surface area contributed by atoms with Crippen LogP contribution in [0.2, 0.25) is 0 Å². The molecule has 0 aliphatic heterocycles. The van der Waals surface area contributed by atoms with Crippen LogP contribution < -0.4 is 0 Å². The summed E-state index contributed by atoms with van der Waals surface area (Å²) < 4.78 is 5.41. The van der Waals surface area contributed by atoms with E-state index >= 15 is 0 Å². The van der Waals surface area contributed by atoms with Crippen molar-refractivity contribution < 1.29 is 14.3 Å². The van der Waals surface area contributed by atoms with Crippen molar-refractivity contribution in [3.05, 3.63) is 35.4 Å². The number of esters is 1. The van der Waals surface area contributed by atoms with Crippen molar-refractivity contribution in [2.45, 2.75) is 38.7 Å². The Morgan fingerprint density at radius 2 is 1.82 bits per heavy atom. The predicted octanol–water partition coefficient (Wildman–Crippen LogP) is 3.00. The molecule has 2 fully saturated rings. The van der Waals surface area contributed by atoms with Crippen LogP contribution in [0.25, 0.3) is 0 Å². The molecule has 0 N–H and O–H groups in total. The molecular formula is C18H19NO3. The Kier molecular flexibility index (Phi) is 4.24. The van der Waals surface area contributed by atoms with Gasteiger partial charge in [-0.3, -0.25) is 9.59 Å². The lowest BCUT2D eigenvalue weighted by molar-refractivity contribution is -0.154. The van der Waals surface area contributed by atoms with Crippen LogP contribution in [-0.2, 0) is 20.9 Å². The van der Waals surface area contributed by atoms with Crippen molar-refractivity contribution >= 4 is 11.8 Å². The standard InChI is InChI=1S/C18H19NO3/c19-10-12-4-6-13(7-5-12)11-22-18(21)16-8-14-2-1-3-15(9-16)17(14)20/h4-7,14-16H,1-3,8-9,11H2. The Bertz CT molecular complexity index is 598. The van der Waals surface area contributed by atoms with Crippen molar-refractivity contribution in [3.63, 3.8) is 0 Å². The van der Waals surface area contributed by atoms with Crippen molar-refractivity contribution in [2.75, 3.05) is 0 Å². The molecule has 22 heavy (non-hydrogen) atoms. The van der Waals surface area contributed by atoms with Gasteiger partial charge >= 0.3 is 5.97 Å². The topological polar surface area (TPSA) is 67.2 Å². The summed E-state index contributed by atoms with van der Waals surface area (Å²) in [5.74, 6) is 0.183. The van der Waals surface area contributed by atoms with Gasteiger partial charge in [0.1, 0.15) is 12.4 Å². The highest BCUT2D eigenvalue weighted by Crippen LogP contribution is 2.40. The van der Waals surface area contributed by atoms with Crippen LogP contribution in [0.4, 0.5) is 0 Å². The van der Waals surface area contributed by atoms with Gasteiger partial charge < -0.3 is 4.74 Å². The lowest BCUT2D eigenvalue weighted by Gasteiger charge is -2.36. The number of benzene rings is 1. The maximum Gasteiger partial charge on any atom is 0.309 e. The molecule has 2 aliphatic carbocycles. The highest BCUT2D eigenvalue weighted by Gasteiger charge is 2.41. The van der Waals surface area contributed by atoms with Gasteiger partial charge in [0.25, 0.3) is 0 Å². The molecule has 0 amide bonds. The summed E-state index contributed by atoms with van der Waals surface area (Å²) in [4.78, 5) is 24.3. The molecule has 0 saturated heterocycles. The molecule has 3 rings (SSSR count). The number of carbonyl (C=O) groups excluding carboxylic acids is 2. The fourth-order valence-electron chi connectivity index (χ4n) is 3.62. The van der Waals surface area contributed by atoms with E-state index in [0.717, 1.165) is 24.8 Å². The van der Waals surface area contributed by atoms with Gasteiger partial charge in [0, 0.05) is 11.8 Å². The Labute approximate surface area is 130 Å². The number of nitriles is 1. The molecule has 2 bridgehead atoms. The Balaban J connectivity index is 1.56. The molecule has 0 aromatic heterocycles. The van der Waals surface area contributed by atoms with Crippen molar-refractivity contribution in [2.24, 2.45) is 17.8 Å². The van der Waals surface area contributed by atoms with E-state index in [2.05, 4.69) is 6.07 Å². The first-order valence-electron chi connectivity index (χ1n) is 7.87. The molecule has 0 spiro atoms. The molecule has 1 aromatic rings. The van der Waals surface area contributed by atoms with E-state index in [1.54, 1.807) is 24.3 Å². The third-order valence-corrected chi connectivity index (χ3v) is 4.85. The largest absolute Gasteiger partial charge is 0.461 e. The fourth-order valence-corrected chi connectivity index (χ4v) is 3.62. The summed E-state index contributed by atoms with van der Waals surface area (Å²) in [6.07, 6.45) is 4.26. The first-order valence-corrected chi connectivity index (χ1v) is 7.87. The maximum absolute atomic E-state index is 12.2. The zero-order valence-corrected chi connectivity index (χ0v) is 12.5. The van der Waals surface area contributed by atoms with Gasteiger partial charge in [0.2, 0.25) is 0 Å². The quantitative estimate of drug-likeness (QED) is 0.804. The normalized spacial score (nSPS) is 27.0. The van der Waals surface area contributed by atoms with Crippen molar-refractivity contribution in [1.29, 1.82) is 5.26 Å². The summed E-state index contributed by atoms with van der Waals surface area (Å²) >= 11 is 0. The maximum atomic E-state index is 12.2. The highest BCUT2D eigenvalue weighted by atomic mass is 16.5. The number of hydrogen-bond acceptors (Lipinski definition) is 4. The lowest BCUT2D eigenvalue weighted by Crippen LogP contribution is -2.39. The second-order valence-electron chi connectivity index (χ2n) is 6.31. The van der Waals surface area contributed by atoms with Crippen molar-refractivity contribution in [3.8, 4) is 6.07 Å². The van der Waals surface area contributed by atoms with Gasteiger partial charge in [-0.1, -0.05) is 18.6 Å². The summed E-state index contributed by atoms with van der Waals surface area (Å²) in [7, 11) is 0. The van der Waals surface area contributed by atoms with Crippen LogP contribution in [-0.4, -0.2) is 11.8 Å². The number of hydrogen-bond donors (Lipinski definition) is 0. The highest BCUT2D eigenvalue weighted by molar-refractivity contribution is 5.87. The molecule has 114 valence electrons. The van der Waals surface area contributed by atoms with Gasteiger partial charge in [-0.15, -0.1) is 0 Å². The number of carbonyl (C=O) groups is 2. The van der Waals surface area contributed by atoms with Crippen LogP contribution in [0.15, 0.2) is 24.3 Å². The van der Waals surface area contributed by atoms with Crippen LogP contribution in [0.5, 0.6) is 0 Å². The van der Waals surface area contributed by atoms with Gasteiger partial charge in [-0.05, 0) is 43.4 Å². The number of Topliss-reactive ketones (excluding diaryl/α,β-unsaturated/α-hetero) is 1. The minimum atomic E-state index is -0.186. The van der Waals surface area contributed by atoms with Gasteiger partial charge in [0.15, 0.2) is 0 Å². The average Bonchev–Trinajstić information content (AvgIpc) is 2.53. The Morgan fingerprint density at radius 3 is 2.41 bits per heavy atom. The minimum Gasteiger partial charge on any atom is -0.461 e. The molecule has 4 heteroatoms. The van der Waals surface area contributed by atoms with E-state index in [1.165, 1.54) is 0 Å². The second kappa shape index (κ2) is 6.31. The molecule has 0 heterocycles. The van der Waals surface area contributed by atoms with Gasteiger partial charge in [-0.2, -0.15) is 5.26 Å². The van der Waals surface area contributed by atoms with E-state index in [4.69, 9.17) is 10.00 Å². The van der Waals surface area contributed by atoms with Gasteiger partial charge in [0.05, 0.1) is 17.6 Å².